The van der Waals surface area contributed by atoms with Gasteiger partial charge in [-0.15, -0.1) is 0 Å². The molecular formula is C35H42O20. The summed E-state index contributed by atoms with van der Waals surface area (Å²) in [7, 11) is 0. The Morgan fingerprint density at radius 1 is 0.727 bits per heavy atom. The lowest BCUT2D eigenvalue weighted by molar-refractivity contribution is -0.355. The number of aliphatic hydroxyl groups excluding tert-OH is 8. The van der Waals surface area contributed by atoms with Gasteiger partial charge in [0.05, 0.1) is 18.8 Å². The summed E-state index contributed by atoms with van der Waals surface area (Å²) in [6.45, 7) is 3.09. The molecule has 1 aromatic heterocycles. The average molecular weight is 783 g/mol. The Balaban J connectivity index is 1.42. The van der Waals surface area contributed by atoms with Crippen LogP contribution < -0.4 is 14.9 Å². The summed E-state index contributed by atoms with van der Waals surface area (Å²) < 4.78 is 45.8. The first kappa shape index (κ1) is 40.5. The molecule has 0 unspecified atom stereocenters. The van der Waals surface area contributed by atoms with Gasteiger partial charge in [-0.3, -0.25) is 9.59 Å². The lowest BCUT2D eigenvalue weighted by atomic mass is 9.97. The standard InChI is InChI=1S/C35H42O20/c1-11-21(40)24(43)26(45)33(48-11)51-16-8-17(39)20-18(9-16)52-30(14-4-6-15(38)7-5-14)31(23(20)42)54-35-32(28(47)29(12(2)49-35)50-13(3)37)55-34-27(46)25(44)22(41)19(10-36)53-34/h4-9,11-12,19,21-22,24-29,32-36,38-41,43-47H,10H2,1-3H3/t11-,12-,19+,21-,22-,24+,25-,26+,27+,28+,29-,32+,33-,34-,35-/m0/s1. The van der Waals surface area contributed by atoms with Crippen LogP contribution in [0.2, 0.25) is 0 Å². The first-order valence-corrected chi connectivity index (χ1v) is 17.1. The molecule has 6 rings (SSSR count). The van der Waals surface area contributed by atoms with Crippen molar-refractivity contribution in [2.75, 3.05) is 6.61 Å². The van der Waals surface area contributed by atoms with Gasteiger partial charge in [0.15, 0.2) is 24.3 Å². The maximum absolute atomic E-state index is 14.3. The van der Waals surface area contributed by atoms with Crippen molar-refractivity contribution < 1.29 is 93.4 Å². The molecule has 10 N–H and O–H groups in total. The van der Waals surface area contributed by atoms with Gasteiger partial charge in [-0.05, 0) is 38.1 Å². The highest BCUT2D eigenvalue weighted by Crippen LogP contribution is 2.39. The minimum Gasteiger partial charge on any atom is -0.508 e. The van der Waals surface area contributed by atoms with E-state index in [0.717, 1.165) is 13.0 Å². The smallest absolute Gasteiger partial charge is 0.303 e. The number of ether oxygens (including phenoxy) is 7. The Labute approximate surface area is 310 Å². The zero-order chi connectivity index (χ0) is 40.0. The molecule has 3 saturated heterocycles. The fourth-order valence-corrected chi connectivity index (χ4v) is 6.52. The summed E-state index contributed by atoms with van der Waals surface area (Å²) in [5.41, 5.74) is -1.19. The van der Waals surface area contributed by atoms with Gasteiger partial charge in [-0.2, -0.15) is 0 Å². The number of phenolic OH excluding ortho intramolecular Hbond substituents is 2. The molecular weight excluding hydrogens is 740 g/mol. The maximum atomic E-state index is 14.3. The van der Waals surface area contributed by atoms with Gasteiger partial charge in [0.1, 0.15) is 77.0 Å². The highest BCUT2D eigenvalue weighted by atomic mass is 16.8. The monoisotopic (exact) mass is 782 g/mol. The Kier molecular flexibility index (Phi) is 11.9. The average Bonchev–Trinajstić information content (AvgIpc) is 3.14. The second-order valence-electron chi connectivity index (χ2n) is 13.4. The number of carbonyl (C=O) groups is 1. The van der Waals surface area contributed by atoms with Crippen LogP contribution >= 0.6 is 0 Å². The third-order valence-electron chi connectivity index (χ3n) is 9.53. The largest absolute Gasteiger partial charge is 0.508 e. The lowest BCUT2D eigenvalue weighted by Crippen LogP contribution is -2.65. The molecule has 4 heterocycles. The molecule has 2 aromatic carbocycles. The molecule has 20 heteroatoms. The number of hydrogen-bond acceptors (Lipinski definition) is 20. The van der Waals surface area contributed by atoms with Crippen LogP contribution in [0, 0.1) is 0 Å². The van der Waals surface area contributed by atoms with E-state index in [1.165, 1.54) is 44.2 Å². The molecule has 3 fully saturated rings. The maximum Gasteiger partial charge on any atom is 0.303 e. The van der Waals surface area contributed by atoms with Gasteiger partial charge in [0.2, 0.25) is 23.8 Å². The fraction of sp³-hybridized carbons (Fsp3) is 0.543. The second kappa shape index (κ2) is 16.1. The topological polar surface area (TPSA) is 314 Å². The van der Waals surface area contributed by atoms with E-state index in [9.17, 15) is 60.7 Å². The van der Waals surface area contributed by atoms with E-state index >= 15 is 0 Å². The van der Waals surface area contributed by atoms with Crippen LogP contribution in [0.15, 0.2) is 45.6 Å². The number of rotatable bonds is 9. The number of benzene rings is 2. The van der Waals surface area contributed by atoms with Gasteiger partial charge >= 0.3 is 5.97 Å². The number of phenols is 2. The number of fused-ring (bicyclic) bond motifs is 1. The predicted octanol–water partition coefficient (Wildman–Crippen LogP) is -2.32. The van der Waals surface area contributed by atoms with E-state index in [1.54, 1.807) is 0 Å². The van der Waals surface area contributed by atoms with Crippen LogP contribution in [0.25, 0.3) is 22.3 Å². The highest BCUT2D eigenvalue weighted by molar-refractivity contribution is 5.88. The summed E-state index contributed by atoms with van der Waals surface area (Å²) in [5.74, 6) is -2.86. The third kappa shape index (κ3) is 7.94. The molecule has 302 valence electrons. The van der Waals surface area contributed by atoms with Crippen molar-refractivity contribution in [1.29, 1.82) is 0 Å². The quantitative estimate of drug-likeness (QED) is 0.102. The van der Waals surface area contributed by atoms with Crippen molar-refractivity contribution in [3.63, 3.8) is 0 Å². The summed E-state index contributed by atoms with van der Waals surface area (Å²) in [5, 5.41) is 104. The molecule has 3 aromatic rings. The van der Waals surface area contributed by atoms with E-state index in [2.05, 4.69) is 0 Å². The minimum atomic E-state index is -1.96. The Morgan fingerprint density at radius 3 is 2.02 bits per heavy atom. The summed E-state index contributed by atoms with van der Waals surface area (Å²) in [6.07, 6.45) is -24.2. The van der Waals surface area contributed by atoms with Crippen molar-refractivity contribution in [3.05, 3.63) is 46.6 Å². The van der Waals surface area contributed by atoms with Crippen molar-refractivity contribution in [2.45, 2.75) is 113 Å². The molecule has 0 radical (unpaired) electrons. The normalized spacial score (nSPS) is 36.7. The fourth-order valence-electron chi connectivity index (χ4n) is 6.52. The van der Waals surface area contributed by atoms with E-state index in [4.69, 9.17) is 37.6 Å². The van der Waals surface area contributed by atoms with E-state index in [1.807, 2.05) is 0 Å². The van der Waals surface area contributed by atoms with Crippen LogP contribution in [0.3, 0.4) is 0 Å². The van der Waals surface area contributed by atoms with E-state index in [-0.39, 0.29) is 28.4 Å². The highest BCUT2D eigenvalue weighted by Gasteiger charge is 2.52. The zero-order valence-corrected chi connectivity index (χ0v) is 29.4. The van der Waals surface area contributed by atoms with E-state index in [0.29, 0.717) is 0 Å². The van der Waals surface area contributed by atoms with Crippen molar-refractivity contribution in [2.24, 2.45) is 0 Å². The molecule has 3 aliphatic rings. The predicted molar refractivity (Wildman–Crippen MR) is 179 cm³/mol. The first-order chi connectivity index (χ1) is 26.0. The van der Waals surface area contributed by atoms with Crippen LogP contribution in [-0.2, 0) is 28.5 Å². The number of aromatic hydroxyl groups is 2. The van der Waals surface area contributed by atoms with Gasteiger partial charge in [0.25, 0.3) is 0 Å². The first-order valence-electron chi connectivity index (χ1n) is 17.1. The van der Waals surface area contributed by atoms with Crippen LogP contribution in [-0.4, -0.2) is 156 Å². The van der Waals surface area contributed by atoms with Gasteiger partial charge in [-0.1, -0.05) is 0 Å². The molecule has 0 spiro atoms. The minimum absolute atomic E-state index is 0.128. The van der Waals surface area contributed by atoms with Crippen LogP contribution in [0.5, 0.6) is 23.0 Å². The number of esters is 1. The SMILES string of the molecule is CC(=O)O[C@@H]1[C@@H](O)[C@@H](O[C@@H]2O[C@H](CO)[C@H](O)[C@H](O)[C@H]2O)[C@H](Oc2c(-c3ccc(O)cc3)oc3cc(O[C@@H]4O[C@@H](C)[C@H](O)[C@@H](O)[C@H]4O)cc(O)c3c2=O)O[C@H]1C. The van der Waals surface area contributed by atoms with Crippen LogP contribution in [0.4, 0.5) is 0 Å². The summed E-state index contributed by atoms with van der Waals surface area (Å²) in [6, 6.07) is 7.38. The lowest BCUT2D eigenvalue weighted by Gasteiger charge is -2.46. The van der Waals surface area contributed by atoms with Crippen molar-refractivity contribution >= 4 is 16.9 Å². The molecule has 0 saturated carbocycles. The molecule has 3 aliphatic heterocycles. The van der Waals surface area contributed by atoms with Gasteiger partial charge in [-0.25, -0.2) is 0 Å². The number of carbonyl (C=O) groups excluding carboxylic acids is 1. The molecule has 0 amide bonds. The molecule has 0 bridgehead atoms. The summed E-state index contributed by atoms with van der Waals surface area (Å²) in [4.78, 5) is 26.2. The number of aliphatic hydroxyl groups is 8. The van der Waals surface area contributed by atoms with Gasteiger partial charge < -0.3 is 88.6 Å². The second-order valence-corrected chi connectivity index (χ2v) is 13.4. The van der Waals surface area contributed by atoms with Gasteiger partial charge in [0, 0.05) is 24.6 Å². The van der Waals surface area contributed by atoms with Crippen molar-refractivity contribution in [1.82, 2.24) is 0 Å². The molecule has 55 heavy (non-hydrogen) atoms. The molecule has 15 atom stereocenters. The number of hydrogen-bond donors (Lipinski definition) is 10. The Morgan fingerprint density at radius 2 is 1.36 bits per heavy atom. The zero-order valence-electron chi connectivity index (χ0n) is 29.4. The third-order valence-corrected chi connectivity index (χ3v) is 9.53. The van der Waals surface area contributed by atoms with Crippen molar-refractivity contribution in [3.8, 4) is 34.3 Å². The van der Waals surface area contributed by atoms with Crippen LogP contribution in [0.1, 0.15) is 20.8 Å². The Bertz CT molecular complexity index is 1880. The Hall–Kier alpha value is -4.16. The molecule has 0 aliphatic carbocycles. The van der Waals surface area contributed by atoms with E-state index < -0.39 is 127 Å². The summed E-state index contributed by atoms with van der Waals surface area (Å²) >= 11 is 0. The molecule has 20 nitrogen and oxygen atoms in total.